The van der Waals surface area contributed by atoms with Crippen molar-refractivity contribution in [1.82, 2.24) is 0 Å². The standard InChI is InChI=1S/C12H11BrN2O4S2/c13-9-6-5-8(7-10(9)14)20(16,17)11-3-1-2-4-12(11)21(15,18)19/h1-7H,14H2,(H2,15,18,19). The van der Waals surface area contributed by atoms with Crippen molar-refractivity contribution < 1.29 is 16.8 Å². The van der Waals surface area contributed by atoms with Gasteiger partial charge in [-0.2, -0.15) is 0 Å². The molecule has 0 unspecified atom stereocenters. The number of halogens is 1. The van der Waals surface area contributed by atoms with Crippen LogP contribution in [0.3, 0.4) is 0 Å². The molecule has 2 aromatic carbocycles. The zero-order valence-corrected chi connectivity index (χ0v) is 13.7. The van der Waals surface area contributed by atoms with Crippen LogP contribution in [0.2, 0.25) is 0 Å². The van der Waals surface area contributed by atoms with Crippen LogP contribution in [0.15, 0.2) is 61.6 Å². The Morgan fingerprint density at radius 2 is 1.48 bits per heavy atom. The van der Waals surface area contributed by atoms with E-state index in [0.29, 0.717) is 4.47 Å². The van der Waals surface area contributed by atoms with Crippen LogP contribution in [0, 0.1) is 0 Å². The van der Waals surface area contributed by atoms with Gasteiger partial charge in [0.05, 0.1) is 9.79 Å². The topological polar surface area (TPSA) is 120 Å². The number of hydrogen-bond acceptors (Lipinski definition) is 5. The zero-order chi connectivity index (χ0) is 15.8. The number of hydrogen-bond donors (Lipinski definition) is 2. The highest BCUT2D eigenvalue weighted by molar-refractivity contribution is 9.10. The lowest BCUT2D eigenvalue weighted by molar-refractivity contribution is 0.583. The summed E-state index contributed by atoms with van der Waals surface area (Å²) < 4.78 is 48.8. The molecular weight excluding hydrogens is 380 g/mol. The summed E-state index contributed by atoms with van der Waals surface area (Å²) in [6, 6.07) is 9.20. The molecule has 0 atom stereocenters. The quantitative estimate of drug-likeness (QED) is 0.769. The first-order valence-corrected chi connectivity index (χ1v) is 9.38. The van der Waals surface area contributed by atoms with Gasteiger partial charge in [0, 0.05) is 10.2 Å². The van der Waals surface area contributed by atoms with Crippen molar-refractivity contribution in [2.75, 3.05) is 5.73 Å². The zero-order valence-electron chi connectivity index (χ0n) is 10.5. The molecule has 21 heavy (non-hydrogen) atoms. The average Bonchev–Trinajstić information content (AvgIpc) is 2.41. The van der Waals surface area contributed by atoms with E-state index in [4.69, 9.17) is 10.9 Å². The first-order chi connectivity index (χ1) is 9.64. The maximum absolute atomic E-state index is 12.6. The van der Waals surface area contributed by atoms with Crippen LogP contribution < -0.4 is 10.9 Å². The number of primary sulfonamides is 1. The maximum Gasteiger partial charge on any atom is 0.239 e. The Hall–Kier alpha value is -1.42. The molecule has 4 N–H and O–H groups in total. The SMILES string of the molecule is Nc1cc(S(=O)(=O)c2ccccc2S(N)(=O)=O)ccc1Br. The van der Waals surface area contributed by atoms with E-state index < -0.39 is 24.8 Å². The number of sulfone groups is 1. The molecule has 0 spiro atoms. The molecular formula is C12H11BrN2O4S2. The van der Waals surface area contributed by atoms with Gasteiger partial charge in [-0.25, -0.2) is 22.0 Å². The van der Waals surface area contributed by atoms with Gasteiger partial charge in [-0.05, 0) is 46.3 Å². The minimum absolute atomic E-state index is 0.112. The Labute approximate surface area is 130 Å². The fourth-order valence-corrected chi connectivity index (χ4v) is 4.64. The van der Waals surface area contributed by atoms with Crippen molar-refractivity contribution in [3.8, 4) is 0 Å². The third-order valence-electron chi connectivity index (χ3n) is 2.72. The summed E-state index contributed by atoms with van der Waals surface area (Å²) in [6.45, 7) is 0. The van der Waals surface area contributed by atoms with E-state index in [0.717, 1.165) is 6.07 Å². The van der Waals surface area contributed by atoms with Gasteiger partial charge in [-0.1, -0.05) is 12.1 Å². The summed E-state index contributed by atoms with van der Waals surface area (Å²) >= 11 is 3.16. The minimum Gasteiger partial charge on any atom is -0.398 e. The molecule has 0 fully saturated rings. The van der Waals surface area contributed by atoms with Crippen molar-refractivity contribution >= 4 is 41.5 Å². The highest BCUT2D eigenvalue weighted by Crippen LogP contribution is 2.29. The number of rotatable bonds is 3. The molecule has 0 aliphatic carbocycles. The van der Waals surface area contributed by atoms with Gasteiger partial charge in [0.15, 0.2) is 0 Å². The third-order valence-corrected chi connectivity index (χ3v) is 6.35. The van der Waals surface area contributed by atoms with Crippen LogP contribution in [-0.2, 0) is 19.9 Å². The van der Waals surface area contributed by atoms with Gasteiger partial charge >= 0.3 is 0 Å². The summed E-state index contributed by atoms with van der Waals surface area (Å²) in [5.74, 6) is 0. The number of nitrogen functional groups attached to an aromatic ring is 1. The van der Waals surface area contributed by atoms with E-state index in [9.17, 15) is 16.8 Å². The van der Waals surface area contributed by atoms with E-state index in [1.165, 1.54) is 36.4 Å². The Morgan fingerprint density at radius 1 is 0.905 bits per heavy atom. The second kappa shape index (κ2) is 5.41. The molecule has 0 aromatic heterocycles. The van der Waals surface area contributed by atoms with Gasteiger partial charge in [0.25, 0.3) is 0 Å². The van der Waals surface area contributed by atoms with Gasteiger partial charge in [-0.15, -0.1) is 0 Å². The molecule has 0 radical (unpaired) electrons. The summed E-state index contributed by atoms with van der Waals surface area (Å²) in [5, 5.41) is 5.06. The molecule has 2 aromatic rings. The highest BCUT2D eigenvalue weighted by atomic mass is 79.9. The fourth-order valence-electron chi connectivity index (χ4n) is 1.72. The monoisotopic (exact) mass is 390 g/mol. The van der Waals surface area contributed by atoms with E-state index in [-0.39, 0.29) is 15.5 Å². The van der Waals surface area contributed by atoms with E-state index in [2.05, 4.69) is 15.9 Å². The van der Waals surface area contributed by atoms with Crippen LogP contribution in [-0.4, -0.2) is 16.8 Å². The maximum atomic E-state index is 12.6. The Kier molecular flexibility index (Phi) is 4.11. The molecule has 2 rings (SSSR count). The molecule has 6 nitrogen and oxygen atoms in total. The van der Waals surface area contributed by atoms with Crippen LogP contribution in [0.25, 0.3) is 0 Å². The molecule has 0 amide bonds. The number of anilines is 1. The Balaban J connectivity index is 2.74. The summed E-state index contributed by atoms with van der Waals surface area (Å²) in [7, 11) is -8.21. The number of benzene rings is 2. The largest absolute Gasteiger partial charge is 0.398 e. The lowest BCUT2D eigenvalue weighted by Gasteiger charge is -2.10. The van der Waals surface area contributed by atoms with Crippen LogP contribution in [0.5, 0.6) is 0 Å². The van der Waals surface area contributed by atoms with Crippen molar-refractivity contribution in [3.63, 3.8) is 0 Å². The molecule has 9 heteroatoms. The predicted molar refractivity (Wildman–Crippen MR) is 81.8 cm³/mol. The lowest BCUT2D eigenvalue weighted by atomic mass is 10.3. The molecule has 0 aliphatic rings. The normalized spacial score (nSPS) is 12.3. The van der Waals surface area contributed by atoms with Gasteiger partial charge in [0.2, 0.25) is 19.9 Å². The first kappa shape index (κ1) is 16.0. The van der Waals surface area contributed by atoms with Crippen LogP contribution in [0.1, 0.15) is 0 Å². The van der Waals surface area contributed by atoms with Gasteiger partial charge in [-0.3, -0.25) is 0 Å². The van der Waals surface area contributed by atoms with Crippen molar-refractivity contribution in [1.29, 1.82) is 0 Å². The first-order valence-electron chi connectivity index (χ1n) is 5.56. The Bertz CT molecular complexity index is 909. The van der Waals surface area contributed by atoms with E-state index in [1.54, 1.807) is 0 Å². The third kappa shape index (κ3) is 3.10. The van der Waals surface area contributed by atoms with Crippen LogP contribution >= 0.6 is 15.9 Å². The predicted octanol–water partition coefficient (Wildman–Crippen LogP) is 1.51. The van der Waals surface area contributed by atoms with E-state index >= 15 is 0 Å². The summed E-state index contributed by atoms with van der Waals surface area (Å²) in [5.41, 5.74) is 5.89. The lowest BCUT2D eigenvalue weighted by Crippen LogP contribution is -2.17. The van der Waals surface area contributed by atoms with Gasteiger partial charge in [0.1, 0.15) is 4.90 Å². The fraction of sp³-hybridized carbons (Fsp3) is 0. The summed E-state index contributed by atoms with van der Waals surface area (Å²) in [6.07, 6.45) is 0. The molecule has 0 saturated carbocycles. The summed E-state index contributed by atoms with van der Waals surface area (Å²) in [4.78, 5) is -0.944. The van der Waals surface area contributed by atoms with Crippen molar-refractivity contribution in [2.24, 2.45) is 5.14 Å². The molecule has 0 aliphatic heterocycles. The number of nitrogens with two attached hydrogens (primary N) is 2. The molecule has 0 saturated heterocycles. The molecule has 0 bridgehead atoms. The molecule has 112 valence electrons. The van der Waals surface area contributed by atoms with Crippen LogP contribution in [0.4, 0.5) is 5.69 Å². The Morgan fingerprint density at radius 3 is 2.00 bits per heavy atom. The van der Waals surface area contributed by atoms with Crippen molar-refractivity contribution in [2.45, 2.75) is 14.7 Å². The number of sulfonamides is 1. The molecule has 0 heterocycles. The highest BCUT2D eigenvalue weighted by Gasteiger charge is 2.26. The second-order valence-electron chi connectivity index (χ2n) is 4.18. The van der Waals surface area contributed by atoms with Gasteiger partial charge < -0.3 is 5.73 Å². The van der Waals surface area contributed by atoms with Crippen molar-refractivity contribution in [3.05, 3.63) is 46.9 Å². The smallest absolute Gasteiger partial charge is 0.239 e. The second-order valence-corrected chi connectivity index (χ2v) is 8.48. The minimum atomic E-state index is -4.16. The average molecular weight is 391 g/mol. The van der Waals surface area contributed by atoms with E-state index in [1.807, 2.05) is 0 Å².